The van der Waals surface area contributed by atoms with Crippen molar-refractivity contribution in [3.63, 3.8) is 0 Å². The number of carbonyl (C=O) groups is 1. The van der Waals surface area contributed by atoms with Crippen LogP contribution >= 0.6 is 0 Å². The average molecular weight is 232 g/mol. The van der Waals surface area contributed by atoms with Crippen molar-refractivity contribution >= 4 is 16.9 Å². The van der Waals surface area contributed by atoms with E-state index in [9.17, 15) is 4.79 Å². The minimum Gasteiger partial charge on any atom is -0.464 e. The third kappa shape index (κ3) is 2.67. The van der Waals surface area contributed by atoms with E-state index >= 15 is 0 Å². The van der Waals surface area contributed by atoms with Gasteiger partial charge in [-0.1, -0.05) is 6.07 Å². The van der Waals surface area contributed by atoms with Crippen molar-refractivity contribution in [2.24, 2.45) is 5.41 Å². The highest BCUT2D eigenvalue weighted by Gasteiger charge is 2.22. The van der Waals surface area contributed by atoms with Gasteiger partial charge in [-0.15, -0.1) is 0 Å². The predicted molar refractivity (Wildman–Crippen MR) is 65.5 cm³/mol. The summed E-state index contributed by atoms with van der Waals surface area (Å²) in [5.74, 6) is -0.190. The fraction of sp³-hybridized carbons (Fsp3) is 0.357. The van der Waals surface area contributed by atoms with Crippen molar-refractivity contribution in [2.75, 3.05) is 0 Å². The number of fused-ring (bicyclic) bond motifs is 1. The first-order valence-electron chi connectivity index (χ1n) is 5.60. The molecule has 0 saturated heterocycles. The Morgan fingerprint density at radius 2 is 2.06 bits per heavy atom. The van der Waals surface area contributed by atoms with E-state index in [0.717, 1.165) is 16.5 Å². The summed E-state index contributed by atoms with van der Waals surface area (Å²) in [6, 6.07) is 7.65. The first-order chi connectivity index (χ1) is 7.97. The first kappa shape index (κ1) is 11.7. The summed E-state index contributed by atoms with van der Waals surface area (Å²) in [6.07, 6.45) is 1.65. The second-order valence-corrected chi connectivity index (χ2v) is 5.12. The Morgan fingerprint density at radius 3 is 2.76 bits per heavy atom. The van der Waals surface area contributed by atoms with Gasteiger partial charge >= 0.3 is 5.97 Å². The summed E-state index contributed by atoms with van der Waals surface area (Å²) in [7, 11) is 0. The minimum atomic E-state index is -0.459. The van der Waals surface area contributed by atoms with Crippen molar-refractivity contribution in [1.82, 2.24) is 0 Å². The van der Waals surface area contributed by atoms with Gasteiger partial charge in [0.25, 0.3) is 0 Å². The number of hydrogen-bond donors (Lipinski definition) is 0. The topological polar surface area (TPSA) is 39.4 Å². The van der Waals surface area contributed by atoms with E-state index in [1.807, 2.05) is 45.0 Å². The number of ether oxygens (including phenoxy) is 1. The fourth-order valence-electron chi connectivity index (χ4n) is 1.47. The molecule has 0 atom stereocenters. The number of benzene rings is 1. The smallest absolute Gasteiger partial charge is 0.311 e. The van der Waals surface area contributed by atoms with Gasteiger partial charge in [-0.05, 0) is 44.5 Å². The van der Waals surface area contributed by atoms with Crippen molar-refractivity contribution in [2.45, 2.75) is 27.4 Å². The maximum Gasteiger partial charge on any atom is 0.311 e. The van der Waals surface area contributed by atoms with Gasteiger partial charge in [-0.3, -0.25) is 4.79 Å². The van der Waals surface area contributed by atoms with Gasteiger partial charge in [0.15, 0.2) is 0 Å². The van der Waals surface area contributed by atoms with Gasteiger partial charge in [-0.25, -0.2) is 0 Å². The highest BCUT2D eigenvalue weighted by atomic mass is 16.5. The van der Waals surface area contributed by atoms with Gasteiger partial charge in [-0.2, -0.15) is 0 Å². The molecule has 0 amide bonds. The SMILES string of the molecule is CC(C)(C)C(=O)OCc1ccc2occc2c1. The van der Waals surface area contributed by atoms with E-state index in [1.54, 1.807) is 6.26 Å². The Morgan fingerprint density at radius 1 is 1.29 bits per heavy atom. The normalized spacial score (nSPS) is 11.7. The van der Waals surface area contributed by atoms with Crippen molar-refractivity contribution in [3.05, 3.63) is 36.1 Å². The molecule has 0 saturated carbocycles. The molecular formula is C14H16O3. The molecule has 0 aliphatic heterocycles. The van der Waals surface area contributed by atoms with Crippen LogP contribution in [0.4, 0.5) is 0 Å². The molecule has 2 aromatic rings. The molecule has 0 aliphatic carbocycles. The Labute approximate surface area is 100 Å². The molecule has 17 heavy (non-hydrogen) atoms. The van der Waals surface area contributed by atoms with Gasteiger partial charge < -0.3 is 9.15 Å². The van der Waals surface area contributed by atoms with Gasteiger partial charge in [0.1, 0.15) is 12.2 Å². The maximum absolute atomic E-state index is 11.6. The molecule has 1 heterocycles. The molecule has 0 fully saturated rings. The van der Waals surface area contributed by atoms with Crippen LogP contribution in [0.1, 0.15) is 26.3 Å². The van der Waals surface area contributed by atoms with Gasteiger partial charge in [0, 0.05) is 5.39 Å². The molecule has 2 rings (SSSR count). The van der Waals surface area contributed by atoms with Gasteiger partial charge in [0.2, 0.25) is 0 Å². The van der Waals surface area contributed by atoms with E-state index in [2.05, 4.69) is 0 Å². The third-order valence-electron chi connectivity index (χ3n) is 2.50. The van der Waals surface area contributed by atoms with Gasteiger partial charge in [0.05, 0.1) is 11.7 Å². The van der Waals surface area contributed by atoms with Crippen LogP contribution < -0.4 is 0 Å². The highest BCUT2D eigenvalue weighted by Crippen LogP contribution is 2.19. The lowest BCUT2D eigenvalue weighted by Gasteiger charge is -2.16. The van der Waals surface area contributed by atoms with Crippen LogP contribution in [0.3, 0.4) is 0 Å². The molecule has 0 aliphatic rings. The van der Waals surface area contributed by atoms with Crippen LogP contribution in [0.2, 0.25) is 0 Å². The summed E-state index contributed by atoms with van der Waals surface area (Å²) >= 11 is 0. The number of carbonyl (C=O) groups excluding carboxylic acids is 1. The molecule has 0 spiro atoms. The summed E-state index contributed by atoms with van der Waals surface area (Å²) in [5.41, 5.74) is 1.35. The lowest BCUT2D eigenvalue weighted by molar-refractivity contribution is -0.154. The van der Waals surface area contributed by atoms with E-state index in [-0.39, 0.29) is 5.97 Å². The van der Waals surface area contributed by atoms with Crippen molar-refractivity contribution < 1.29 is 13.9 Å². The third-order valence-corrected chi connectivity index (χ3v) is 2.50. The zero-order chi connectivity index (χ0) is 12.5. The first-order valence-corrected chi connectivity index (χ1v) is 5.60. The summed E-state index contributed by atoms with van der Waals surface area (Å²) in [4.78, 5) is 11.6. The Kier molecular flexibility index (Phi) is 2.92. The summed E-state index contributed by atoms with van der Waals surface area (Å²) in [5, 5.41) is 1.02. The fourth-order valence-corrected chi connectivity index (χ4v) is 1.47. The highest BCUT2D eigenvalue weighted by molar-refractivity contribution is 5.78. The van der Waals surface area contributed by atoms with E-state index < -0.39 is 5.41 Å². The van der Waals surface area contributed by atoms with E-state index in [1.165, 1.54) is 0 Å². The van der Waals surface area contributed by atoms with Crippen LogP contribution in [-0.2, 0) is 16.1 Å². The molecule has 0 radical (unpaired) electrons. The lowest BCUT2D eigenvalue weighted by atomic mass is 9.97. The molecule has 0 bridgehead atoms. The van der Waals surface area contributed by atoms with Crippen LogP contribution in [-0.4, -0.2) is 5.97 Å². The Hall–Kier alpha value is -1.77. The molecule has 0 unspecified atom stereocenters. The van der Waals surface area contributed by atoms with E-state index in [4.69, 9.17) is 9.15 Å². The molecular weight excluding hydrogens is 216 g/mol. The molecule has 90 valence electrons. The van der Waals surface area contributed by atoms with Crippen LogP contribution in [0.25, 0.3) is 11.0 Å². The summed E-state index contributed by atoms with van der Waals surface area (Å²) < 4.78 is 10.5. The monoisotopic (exact) mass is 232 g/mol. The largest absolute Gasteiger partial charge is 0.464 e. The maximum atomic E-state index is 11.6. The van der Waals surface area contributed by atoms with Crippen LogP contribution in [0.15, 0.2) is 34.9 Å². The van der Waals surface area contributed by atoms with Crippen molar-refractivity contribution in [1.29, 1.82) is 0 Å². The number of hydrogen-bond acceptors (Lipinski definition) is 3. The summed E-state index contributed by atoms with van der Waals surface area (Å²) in [6.45, 7) is 5.83. The minimum absolute atomic E-state index is 0.190. The Balaban J connectivity index is 2.06. The Bertz CT molecular complexity index is 532. The zero-order valence-electron chi connectivity index (χ0n) is 10.3. The second kappa shape index (κ2) is 4.24. The van der Waals surface area contributed by atoms with Crippen LogP contribution in [0.5, 0.6) is 0 Å². The zero-order valence-corrected chi connectivity index (χ0v) is 10.3. The van der Waals surface area contributed by atoms with E-state index in [0.29, 0.717) is 6.61 Å². The molecule has 3 heteroatoms. The molecule has 1 aromatic heterocycles. The standard InChI is InChI=1S/C14H16O3/c1-14(2,3)13(15)17-9-10-4-5-12-11(8-10)6-7-16-12/h4-8H,9H2,1-3H3. The average Bonchev–Trinajstić information content (AvgIpc) is 2.71. The number of furan rings is 1. The lowest BCUT2D eigenvalue weighted by Crippen LogP contribution is -2.22. The molecule has 0 N–H and O–H groups in total. The molecule has 3 nitrogen and oxygen atoms in total. The predicted octanol–water partition coefficient (Wildman–Crippen LogP) is 3.52. The molecule has 1 aromatic carbocycles. The van der Waals surface area contributed by atoms with Crippen LogP contribution in [0, 0.1) is 5.41 Å². The second-order valence-electron chi connectivity index (χ2n) is 5.12. The number of rotatable bonds is 2. The number of esters is 1. The van der Waals surface area contributed by atoms with Crippen molar-refractivity contribution in [3.8, 4) is 0 Å². The quantitative estimate of drug-likeness (QED) is 0.744.